The van der Waals surface area contributed by atoms with E-state index in [1.54, 1.807) is 11.3 Å². The Kier molecular flexibility index (Phi) is 5.50. The molecule has 0 aromatic carbocycles. The van der Waals surface area contributed by atoms with Crippen molar-refractivity contribution >= 4 is 33.0 Å². The van der Waals surface area contributed by atoms with E-state index >= 15 is 0 Å². The van der Waals surface area contributed by atoms with Crippen molar-refractivity contribution in [1.29, 1.82) is 0 Å². The van der Waals surface area contributed by atoms with Crippen molar-refractivity contribution in [2.45, 2.75) is 32.7 Å². The fourth-order valence-corrected chi connectivity index (χ4v) is 2.74. The summed E-state index contributed by atoms with van der Waals surface area (Å²) < 4.78 is 1.09. The number of nitrogens with one attached hydrogen (secondary N) is 1. The number of carbonyl (C=O) groups excluding carboxylic acids is 1. The first-order valence-corrected chi connectivity index (χ1v) is 6.68. The normalized spacial score (nSPS) is 10.9. The average molecular weight is 290 g/mol. The molecule has 84 valence electrons. The van der Waals surface area contributed by atoms with Crippen LogP contribution in [-0.2, 0) is 11.2 Å². The number of Topliss-reactive ketones (excluding diaryl/α,β-unsaturated/α-hetero) is 1. The van der Waals surface area contributed by atoms with Gasteiger partial charge in [0.15, 0.2) is 0 Å². The summed E-state index contributed by atoms with van der Waals surface area (Å²) in [5.74, 6) is 0.303. The number of hydrogen-bond donors (Lipinski definition) is 1. The molecular formula is C11H16BrNOS. The van der Waals surface area contributed by atoms with Crippen molar-refractivity contribution in [3.63, 3.8) is 0 Å². The molecule has 0 fully saturated rings. The summed E-state index contributed by atoms with van der Waals surface area (Å²) in [4.78, 5) is 12.7. The molecule has 0 bridgehead atoms. The fraction of sp³-hybridized carbons (Fsp3) is 0.545. The molecule has 4 heteroatoms. The molecule has 0 aliphatic heterocycles. The summed E-state index contributed by atoms with van der Waals surface area (Å²) >= 11 is 5.02. The Morgan fingerprint density at radius 1 is 1.53 bits per heavy atom. The molecule has 0 saturated heterocycles. The molecule has 0 spiro atoms. The molecule has 1 aromatic rings. The zero-order valence-corrected chi connectivity index (χ0v) is 11.5. The predicted octanol–water partition coefficient (Wildman–Crippen LogP) is 3.01. The Bertz CT molecular complexity index is 322. The van der Waals surface area contributed by atoms with Crippen LogP contribution in [-0.4, -0.2) is 18.4 Å². The van der Waals surface area contributed by atoms with Gasteiger partial charge in [-0.05, 0) is 28.1 Å². The van der Waals surface area contributed by atoms with E-state index in [4.69, 9.17) is 0 Å². The van der Waals surface area contributed by atoms with Crippen LogP contribution in [0, 0.1) is 0 Å². The van der Waals surface area contributed by atoms with Crippen LogP contribution in [0.5, 0.6) is 0 Å². The fourth-order valence-electron chi connectivity index (χ4n) is 1.23. The number of ketones is 1. The first-order chi connectivity index (χ1) is 7.08. The Labute approximate surface area is 103 Å². The van der Waals surface area contributed by atoms with Crippen molar-refractivity contribution in [2.75, 3.05) is 6.54 Å². The van der Waals surface area contributed by atoms with Crippen LogP contribution in [0.2, 0.25) is 0 Å². The van der Waals surface area contributed by atoms with Crippen LogP contribution in [0.15, 0.2) is 15.9 Å². The molecule has 0 unspecified atom stereocenters. The minimum atomic E-state index is 0.303. The van der Waals surface area contributed by atoms with E-state index < -0.39 is 0 Å². The number of halogens is 1. The third-order valence-electron chi connectivity index (χ3n) is 1.96. The highest BCUT2D eigenvalue weighted by molar-refractivity contribution is 9.11. The van der Waals surface area contributed by atoms with Gasteiger partial charge in [-0.3, -0.25) is 4.79 Å². The second-order valence-corrected chi connectivity index (χ2v) is 6.33. The van der Waals surface area contributed by atoms with E-state index in [-0.39, 0.29) is 0 Å². The molecule has 1 heterocycles. The first-order valence-electron chi connectivity index (χ1n) is 5.07. The summed E-state index contributed by atoms with van der Waals surface area (Å²) in [5.41, 5.74) is 0. The molecule has 2 nitrogen and oxygen atoms in total. The molecule has 0 aliphatic rings. The van der Waals surface area contributed by atoms with Gasteiger partial charge in [-0.1, -0.05) is 13.8 Å². The van der Waals surface area contributed by atoms with Gasteiger partial charge in [0.2, 0.25) is 0 Å². The molecule has 0 atom stereocenters. The number of thiophene rings is 1. The van der Waals surface area contributed by atoms with Gasteiger partial charge in [0.05, 0.1) is 3.79 Å². The van der Waals surface area contributed by atoms with E-state index in [0.29, 0.717) is 24.7 Å². The van der Waals surface area contributed by atoms with Gasteiger partial charge in [0.25, 0.3) is 0 Å². The lowest BCUT2D eigenvalue weighted by Gasteiger charge is -2.06. The minimum absolute atomic E-state index is 0.303. The van der Waals surface area contributed by atoms with Gasteiger partial charge < -0.3 is 5.32 Å². The summed E-state index contributed by atoms with van der Waals surface area (Å²) in [5, 5.41) is 3.24. The van der Waals surface area contributed by atoms with Crippen molar-refractivity contribution in [1.82, 2.24) is 5.32 Å². The molecule has 1 N–H and O–H groups in total. The van der Waals surface area contributed by atoms with Crippen molar-refractivity contribution in [3.8, 4) is 0 Å². The van der Waals surface area contributed by atoms with Crippen molar-refractivity contribution in [3.05, 3.63) is 20.8 Å². The van der Waals surface area contributed by atoms with Crippen molar-refractivity contribution < 1.29 is 4.79 Å². The Morgan fingerprint density at radius 3 is 2.80 bits per heavy atom. The maximum atomic E-state index is 11.6. The number of hydrogen-bond acceptors (Lipinski definition) is 3. The van der Waals surface area contributed by atoms with E-state index in [9.17, 15) is 4.79 Å². The number of rotatable bonds is 6. The molecule has 15 heavy (non-hydrogen) atoms. The molecule has 0 saturated carbocycles. The highest BCUT2D eigenvalue weighted by Crippen LogP contribution is 2.22. The standard InChI is InChI=1S/C11H16BrNOS/c1-8(2)13-6-5-9(14)7-10-3-4-11(12)15-10/h3-4,8,13H,5-7H2,1-2H3. The average Bonchev–Trinajstić information content (AvgIpc) is 2.50. The number of carbonyl (C=O) groups is 1. The topological polar surface area (TPSA) is 29.1 Å². The second-order valence-electron chi connectivity index (χ2n) is 3.78. The third kappa shape index (κ3) is 5.44. The highest BCUT2D eigenvalue weighted by atomic mass is 79.9. The van der Waals surface area contributed by atoms with Crippen LogP contribution in [0.4, 0.5) is 0 Å². The van der Waals surface area contributed by atoms with Crippen LogP contribution in [0.3, 0.4) is 0 Å². The van der Waals surface area contributed by atoms with Crippen LogP contribution in [0.1, 0.15) is 25.1 Å². The molecule has 0 radical (unpaired) electrons. The van der Waals surface area contributed by atoms with E-state index in [0.717, 1.165) is 15.2 Å². The SMILES string of the molecule is CC(C)NCCC(=O)Cc1ccc(Br)s1. The summed E-state index contributed by atoms with van der Waals surface area (Å²) in [6.45, 7) is 4.95. The van der Waals surface area contributed by atoms with Crippen LogP contribution < -0.4 is 5.32 Å². The van der Waals surface area contributed by atoms with Gasteiger partial charge in [0, 0.05) is 30.3 Å². The Balaban J connectivity index is 2.24. The maximum absolute atomic E-state index is 11.6. The largest absolute Gasteiger partial charge is 0.314 e. The van der Waals surface area contributed by atoms with Gasteiger partial charge in [-0.25, -0.2) is 0 Å². The van der Waals surface area contributed by atoms with Crippen molar-refractivity contribution in [2.24, 2.45) is 0 Å². The zero-order valence-electron chi connectivity index (χ0n) is 9.05. The van der Waals surface area contributed by atoms with E-state index in [2.05, 4.69) is 35.1 Å². The molecule has 0 amide bonds. The summed E-state index contributed by atoms with van der Waals surface area (Å²) in [7, 11) is 0. The van der Waals surface area contributed by atoms with E-state index in [1.165, 1.54) is 0 Å². The third-order valence-corrected chi connectivity index (χ3v) is 3.58. The zero-order chi connectivity index (χ0) is 11.3. The minimum Gasteiger partial charge on any atom is -0.314 e. The lowest BCUT2D eigenvalue weighted by Crippen LogP contribution is -2.25. The lowest BCUT2D eigenvalue weighted by atomic mass is 10.2. The van der Waals surface area contributed by atoms with Gasteiger partial charge in [0.1, 0.15) is 5.78 Å². The second kappa shape index (κ2) is 6.40. The quantitative estimate of drug-likeness (QED) is 0.872. The van der Waals surface area contributed by atoms with Gasteiger partial charge in [-0.2, -0.15) is 0 Å². The van der Waals surface area contributed by atoms with Gasteiger partial charge >= 0.3 is 0 Å². The predicted molar refractivity (Wildman–Crippen MR) is 68.5 cm³/mol. The van der Waals surface area contributed by atoms with Crippen LogP contribution >= 0.6 is 27.3 Å². The monoisotopic (exact) mass is 289 g/mol. The lowest BCUT2D eigenvalue weighted by molar-refractivity contribution is -0.118. The molecule has 0 aliphatic carbocycles. The summed E-state index contributed by atoms with van der Waals surface area (Å²) in [6, 6.07) is 4.44. The van der Waals surface area contributed by atoms with E-state index in [1.807, 2.05) is 12.1 Å². The molecule has 1 rings (SSSR count). The smallest absolute Gasteiger partial charge is 0.139 e. The molecular weight excluding hydrogens is 274 g/mol. The van der Waals surface area contributed by atoms with Crippen LogP contribution in [0.25, 0.3) is 0 Å². The Morgan fingerprint density at radius 2 is 2.27 bits per heavy atom. The maximum Gasteiger partial charge on any atom is 0.139 e. The molecule has 1 aromatic heterocycles. The van der Waals surface area contributed by atoms with Gasteiger partial charge in [-0.15, -0.1) is 11.3 Å². The Hall–Kier alpha value is -0.190. The highest BCUT2D eigenvalue weighted by Gasteiger charge is 2.05. The first kappa shape index (κ1) is 12.9. The summed E-state index contributed by atoms with van der Waals surface area (Å²) in [6.07, 6.45) is 1.18.